The van der Waals surface area contributed by atoms with Crippen molar-refractivity contribution in [3.05, 3.63) is 131 Å². The van der Waals surface area contributed by atoms with E-state index in [2.05, 4.69) is 46.3 Å². The van der Waals surface area contributed by atoms with Crippen LogP contribution in [0.2, 0.25) is 0 Å². The molecular weight excluding hydrogens is 722 g/mol. The van der Waals surface area contributed by atoms with Crippen LogP contribution >= 0.6 is 0 Å². The molecule has 7 rings (SSSR count). The first-order valence-corrected chi connectivity index (χ1v) is 19.4. The largest absolute Gasteiger partial charge is 0.471 e. The summed E-state index contributed by atoms with van der Waals surface area (Å²) < 4.78 is 52.9. The van der Waals surface area contributed by atoms with Crippen LogP contribution in [0.15, 0.2) is 103 Å². The van der Waals surface area contributed by atoms with Crippen LogP contribution in [0.25, 0.3) is 11.1 Å². The molecule has 0 aliphatic carbocycles. The van der Waals surface area contributed by atoms with Gasteiger partial charge in [0.15, 0.2) is 6.29 Å². The van der Waals surface area contributed by atoms with Gasteiger partial charge >= 0.3 is 12.1 Å². The first kappa shape index (κ1) is 39.6. The summed E-state index contributed by atoms with van der Waals surface area (Å²) in [6.07, 6.45) is -5.51. The minimum Gasteiger partial charge on any atom is -0.392 e. The minimum atomic E-state index is -5.02. The van der Waals surface area contributed by atoms with Gasteiger partial charge in [0.1, 0.15) is 6.04 Å². The molecule has 0 saturated carbocycles. The van der Waals surface area contributed by atoms with Crippen molar-refractivity contribution in [2.75, 3.05) is 39.3 Å². The number of nitrogens with one attached hydrogen (secondary N) is 1. The molecule has 0 unspecified atom stereocenters. The highest BCUT2D eigenvalue weighted by Crippen LogP contribution is 2.42. The fourth-order valence-corrected chi connectivity index (χ4v) is 8.03. The first-order chi connectivity index (χ1) is 27.1. The van der Waals surface area contributed by atoms with Crippen molar-refractivity contribution in [3.8, 4) is 11.1 Å². The highest BCUT2D eigenvalue weighted by Gasteiger charge is 2.47. The Balaban J connectivity index is 1.04. The Labute approximate surface area is 326 Å². The predicted molar refractivity (Wildman–Crippen MR) is 206 cm³/mol. The number of benzene rings is 4. The number of hydrogen-bond acceptors (Lipinski definition) is 7. The van der Waals surface area contributed by atoms with Crippen LogP contribution < -0.4 is 5.32 Å². The van der Waals surface area contributed by atoms with E-state index < -0.39 is 30.3 Å². The average Bonchev–Trinajstić information content (AvgIpc) is 3.71. The van der Waals surface area contributed by atoms with Gasteiger partial charge < -0.3 is 24.8 Å². The fraction of sp³-hybridized carbons (Fsp3) is 0.409. The zero-order valence-corrected chi connectivity index (χ0v) is 31.5. The van der Waals surface area contributed by atoms with Crippen LogP contribution in [0.1, 0.15) is 60.0 Å². The molecule has 9 nitrogen and oxygen atoms in total. The normalized spacial score (nSPS) is 23.6. The molecule has 12 heteroatoms. The monoisotopic (exact) mass is 770 g/mol. The summed E-state index contributed by atoms with van der Waals surface area (Å²) in [5, 5.41) is 12.4. The van der Waals surface area contributed by atoms with Gasteiger partial charge in [-0.2, -0.15) is 13.2 Å². The minimum absolute atomic E-state index is 0.0333. The molecule has 3 aliphatic heterocycles. The van der Waals surface area contributed by atoms with Crippen LogP contribution in [-0.2, 0) is 38.8 Å². The highest BCUT2D eigenvalue weighted by atomic mass is 19.4. The summed E-state index contributed by atoms with van der Waals surface area (Å²) in [4.78, 5) is 30.4. The summed E-state index contributed by atoms with van der Waals surface area (Å²) in [5.74, 6) is -2.53. The predicted octanol–water partition coefficient (Wildman–Crippen LogP) is 6.62. The lowest BCUT2D eigenvalue weighted by Gasteiger charge is -2.44. The zero-order chi connectivity index (χ0) is 39.2. The fourth-order valence-electron chi connectivity index (χ4n) is 8.03. The molecule has 56 heavy (non-hydrogen) atoms. The number of aliphatic hydroxyl groups excluding tert-OH is 1. The van der Waals surface area contributed by atoms with Gasteiger partial charge in [-0.15, -0.1) is 0 Å². The van der Waals surface area contributed by atoms with Gasteiger partial charge in [0.25, 0.3) is 0 Å². The highest BCUT2D eigenvalue weighted by molar-refractivity contribution is 5.90. The first-order valence-electron chi connectivity index (χ1n) is 19.4. The molecule has 296 valence electrons. The van der Waals surface area contributed by atoms with Crippen molar-refractivity contribution in [1.29, 1.82) is 0 Å². The smallest absolute Gasteiger partial charge is 0.392 e. The van der Waals surface area contributed by atoms with Crippen molar-refractivity contribution in [3.63, 3.8) is 0 Å². The number of rotatable bonds is 11. The van der Waals surface area contributed by atoms with Gasteiger partial charge in [-0.05, 0) is 58.4 Å². The molecule has 0 aromatic heterocycles. The number of likely N-dealkylation sites (tertiary alicyclic amines) is 1. The lowest BCUT2D eigenvalue weighted by Crippen LogP contribution is -2.51. The summed E-state index contributed by atoms with van der Waals surface area (Å²) >= 11 is 0. The Morgan fingerprint density at radius 2 is 1.45 bits per heavy atom. The lowest BCUT2D eigenvalue weighted by molar-refractivity contribution is -0.276. The molecule has 0 radical (unpaired) electrons. The number of halogens is 3. The second kappa shape index (κ2) is 17.7. The Bertz CT molecular complexity index is 1940. The number of nitrogens with zero attached hydrogens (tertiary/aromatic N) is 3. The van der Waals surface area contributed by atoms with E-state index in [4.69, 9.17) is 9.47 Å². The topological polar surface area (TPSA) is 94.6 Å². The summed E-state index contributed by atoms with van der Waals surface area (Å²) in [5.41, 5.74) is 6.60. The van der Waals surface area contributed by atoms with Crippen LogP contribution in [0.4, 0.5) is 13.2 Å². The molecular formula is C44H49F3N4O5. The van der Waals surface area contributed by atoms with E-state index in [-0.39, 0.29) is 44.2 Å². The second-order valence-electron chi connectivity index (χ2n) is 15.1. The van der Waals surface area contributed by atoms with Gasteiger partial charge in [0, 0.05) is 63.8 Å². The van der Waals surface area contributed by atoms with Crippen LogP contribution in [0, 0.1) is 5.92 Å². The number of carbonyl (C=O) groups is 2. The van der Waals surface area contributed by atoms with Gasteiger partial charge in [-0.1, -0.05) is 97.9 Å². The van der Waals surface area contributed by atoms with E-state index >= 15 is 0 Å². The van der Waals surface area contributed by atoms with E-state index in [1.54, 1.807) is 0 Å². The van der Waals surface area contributed by atoms with Gasteiger partial charge in [-0.3, -0.25) is 19.4 Å². The number of carbonyl (C=O) groups excluding carboxylic acids is 2. The third-order valence-electron chi connectivity index (χ3n) is 11.2. The summed E-state index contributed by atoms with van der Waals surface area (Å²) in [7, 11) is 0. The van der Waals surface area contributed by atoms with Crippen molar-refractivity contribution in [2.24, 2.45) is 5.92 Å². The lowest BCUT2D eigenvalue weighted by atomic mass is 9.89. The van der Waals surface area contributed by atoms with Gasteiger partial charge in [0.05, 0.1) is 18.8 Å². The van der Waals surface area contributed by atoms with E-state index in [1.165, 1.54) is 5.56 Å². The Morgan fingerprint density at radius 3 is 2.16 bits per heavy atom. The molecule has 3 heterocycles. The molecule has 2 amide bonds. The van der Waals surface area contributed by atoms with Gasteiger partial charge in [-0.25, -0.2) is 0 Å². The number of hydrogen-bond donors (Lipinski definition) is 2. The number of ether oxygens (including phenoxy) is 2. The number of aliphatic hydroxyl groups is 1. The van der Waals surface area contributed by atoms with Crippen molar-refractivity contribution in [2.45, 2.75) is 70.2 Å². The van der Waals surface area contributed by atoms with Crippen molar-refractivity contribution >= 4 is 11.8 Å². The molecule has 0 spiro atoms. The number of piperazine rings is 1. The standard InChI is InChI=1S/C44H49F3N4O5/c1-30-39(28-50-22-20-49(21-23-50)27-31-8-3-2-4-9-31)55-42(56-40(30)34-17-15-32(29-52)16-18-34)37-13-6-12-36(25-37)35-11-5-10-33(24-35)26-48-41(53)38-14-7-19-51(38)43(54)44(45,46)47/h2-6,8-13,15-18,24-25,30,38-40,42,52H,7,14,19-23,26-29H2,1H3,(H,48,53)/t30-,38-,39+,40+,42+/m0/s1. The number of amides is 2. The molecule has 3 fully saturated rings. The van der Waals surface area contributed by atoms with E-state index in [9.17, 15) is 27.9 Å². The SMILES string of the molecule is C[C@H]1[C@@H](CN2CCN(Cc3ccccc3)CC2)O[C@@H](c2cccc(-c3cccc(CNC(=O)[C@@H]4CCCN4C(=O)C(F)(F)F)c3)c2)O[C@H]1c1ccc(CO)cc1. The molecule has 4 aromatic rings. The quantitative estimate of drug-likeness (QED) is 0.177. The molecule has 3 saturated heterocycles. The maximum absolute atomic E-state index is 13.1. The van der Waals surface area contributed by atoms with Crippen molar-refractivity contribution < 1.29 is 37.3 Å². The molecule has 5 atom stereocenters. The third kappa shape index (κ3) is 9.50. The molecule has 3 aliphatic rings. The zero-order valence-electron chi connectivity index (χ0n) is 31.5. The van der Waals surface area contributed by atoms with E-state index in [1.807, 2.05) is 78.9 Å². The second-order valence-corrected chi connectivity index (χ2v) is 15.1. The van der Waals surface area contributed by atoms with Crippen LogP contribution in [0.5, 0.6) is 0 Å². The summed E-state index contributed by atoms with van der Waals surface area (Å²) in [6.45, 7) is 7.68. The van der Waals surface area contributed by atoms with Crippen LogP contribution in [0.3, 0.4) is 0 Å². The average molecular weight is 771 g/mol. The molecule has 2 N–H and O–H groups in total. The Morgan fingerprint density at radius 1 is 0.768 bits per heavy atom. The maximum atomic E-state index is 13.1. The van der Waals surface area contributed by atoms with Crippen molar-refractivity contribution in [1.82, 2.24) is 20.0 Å². The third-order valence-corrected chi connectivity index (χ3v) is 11.2. The Hall–Kier alpha value is -4.59. The molecule has 0 bridgehead atoms. The maximum Gasteiger partial charge on any atom is 0.471 e. The van der Waals surface area contributed by atoms with Gasteiger partial charge in [0.2, 0.25) is 5.91 Å². The van der Waals surface area contributed by atoms with E-state index in [0.717, 1.165) is 72.6 Å². The summed E-state index contributed by atoms with van der Waals surface area (Å²) in [6, 6.07) is 32.9. The number of alkyl halides is 3. The van der Waals surface area contributed by atoms with E-state index in [0.29, 0.717) is 11.3 Å². The van der Waals surface area contributed by atoms with Crippen LogP contribution in [-0.4, -0.2) is 89.2 Å². The Kier molecular flexibility index (Phi) is 12.5. The molecule has 4 aromatic carbocycles.